The third kappa shape index (κ3) is 2.54. The van der Waals surface area contributed by atoms with E-state index in [0.29, 0.717) is 11.8 Å². The maximum absolute atomic E-state index is 6.06. The van der Waals surface area contributed by atoms with Crippen molar-refractivity contribution in [1.29, 1.82) is 0 Å². The fourth-order valence-corrected chi connectivity index (χ4v) is 5.57. The van der Waals surface area contributed by atoms with Crippen LogP contribution in [0, 0.1) is 11.8 Å². The predicted molar refractivity (Wildman–Crippen MR) is 129 cm³/mol. The van der Waals surface area contributed by atoms with E-state index in [1.165, 1.54) is 27.9 Å². The number of fused-ring (bicyclic) bond motifs is 3. The largest absolute Gasteiger partial charge is 0.456 e. The van der Waals surface area contributed by atoms with Crippen molar-refractivity contribution in [3.8, 4) is 0 Å². The normalized spacial score (nSPS) is 23.4. The summed E-state index contributed by atoms with van der Waals surface area (Å²) in [5.74, 6) is 0.713. The first-order chi connectivity index (χ1) is 14.7. The summed E-state index contributed by atoms with van der Waals surface area (Å²) < 4.78 is 7.11. The van der Waals surface area contributed by atoms with Crippen molar-refractivity contribution in [2.24, 2.45) is 11.8 Å². The molecule has 144 valence electrons. The molecule has 1 heterocycles. The van der Waals surface area contributed by atoms with Gasteiger partial charge in [0.2, 0.25) is 0 Å². The second kappa shape index (κ2) is 6.72. The van der Waals surface area contributed by atoms with E-state index in [1.807, 2.05) is 18.2 Å². The molecule has 0 bridgehead atoms. The molecule has 0 spiro atoms. The van der Waals surface area contributed by atoms with Gasteiger partial charge in [-0.2, -0.15) is 0 Å². The SMILES string of the molecule is C=C/C(=C1/C=CC2=CC=CC3=CC=CC1C32)c1ccc2oc3cccc(Br)c3c2c1. The number of benzene rings is 2. The average molecular weight is 451 g/mol. The molecule has 2 atom stereocenters. The highest BCUT2D eigenvalue weighted by atomic mass is 79.9. The van der Waals surface area contributed by atoms with Crippen molar-refractivity contribution in [2.75, 3.05) is 0 Å². The van der Waals surface area contributed by atoms with Gasteiger partial charge in [-0.25, -0.2) is 0 Å². The van der Waals surface area contributed by atoms with Gasteiger partial charge >= 0.3 is 0 Å². The Labute approximate surface area is 183 Å². The number of halogens is 1. The van der Waals surface area contributed by atoms with Crippen LogP contribution in [0.4, 0.5) is 0 Å². The zero-order chi connectivity index (χ0) is 20.2. The van der Waals surface area contributed by atoms with Crippen LogP contribution in [0.3, 0.4) is 0 Å². The zero-order valence-corrected chi connectivity index (χ0v) is 17.9. The fraction of sp³-hybridized carbons (Fsp3) is 0.0714. The van der Waals surface area contributed by atoms with E-state index in [2.05, 4.69) is 95.4 Å². The van der Waals surface area contributed by atoms with Crippen molar-refractivity contribution in [1.82, 2.24) is 0 Å². The van der Waals surface area contributed by atoms with Gasteiger partial charge in [0.25, 0.3) is 0 Å². The van der Waals surface area contributed by atoms with E-state index in [1.54, 1.807) is 0 Å². The van der Waals surface area contributed by atoms with Crippen LogP contribution < -0.4 is 0 Å². The van der Waals surface area contributed by atoms with Gasteiger partial charge in [-0.3, -0.25) is 0 Å². The summed E-state index contributed by atoms with van der Waals surface area (Å²) in [6.45, 7) is 4.18. The van der Waals surface area contributed by atoms with Gasteiger partial charge in [0.15, 0.2) is 0 Å². The third-order valence-electron chi connectivity index (χ3n) is 6.35. The van der Waals surface area contributed by atoms with Gasteiger partial charge in [-0.05, 0) is 52.1 Å². The van der Waals surface area contributed by atoms with E-state index in [-0.39, 0.29) is 0 Å². The van der Waals surface area contributed by atoms with Crippen LogP contribution in [0.5, 0.6) is 0 Å². The molecule has 3 aliphatic rings. The van der Waals surface area contributed by atoms with Gasteiger partial charge < -0.3 is 4.42 Å². The lowest BCUT2D eigenvalue weighted by Gasteiger charge is -2.36. The molecule has 2 heteroatoms. The first kappa shape index (κ1) is 17.7. The highest BCUT2D eigenvalue weighted by Crippen LogP contribution is 2.46. The number of rotatable bonds is 2. The van der Waals surface area contributed by atoms with Crippen LogP contribution in [-0.4, -0.2) is 0 Å². The number of hydrogen-bond acceptors (Lipinski definition) is 1. The second-order valence-electron chi connectivity index (χ2n) is 7.91. The molecular weight excluding hydrogens is 432 g/mol. The fourth-order valence-electron chi connectivity index (χ4n) is 5.00. The van der Waals surface area contributed by atoms with Crippen molar-refractivity contribution >= 4 is 43.4 Å². The molecule has 0 radical (unpaired) electrons. The molecule has 1 nitrogen and oxygen atoms in total. The van der Waals surface area contributed by atoms with Gasteiger partial charge in [-0.1, -0.05) is 89.3 Å². The molecule has 30 heavy (non-hydrogen) atoms. The Bertz CT molecular complexity index is 1420. The van der Waals surface area contributed by atoms with Crippen LogP contribution in [-0.2, 0) is 0 Å². The molecule has 0 fully saturated rings. The number of allylic oxidation sites excluding steroid dienone is 13. The molecule has 2 aromatic carbocycles. The topological polar surface area (TPSA) is 13.1 Å². The monoisotopic (exact) mass is 450 g/mol. The van der Waals surface area contributed by atoms with E-state index in [4.69, 9.17) is 4.42 Å². The van der Waals surface area contributed by atoms with E-state index in [9.17, 15) is 0 Å². The highest BCUT2D eigenvalue weighted by molar-refractivity contribution is 9.10. The minimum Gasteiger partial charge on any atom is -0.456 e. The zero-order valence-electron chi connectivity index (χ0n) is 16.3. The van der Waals surface area contributed by atoms with Crippen LogP contribution >= 0.6 is 15.9 Å². The summed E-state index contributed by atoms with van der Waals surface area (Å²) in [6, 6.07) is 12.5. The Balaban J connectivity index is 1.57. The molecule has 0 aliphatic heterocycles. The molecule has 0 saturated heterocycles. The lowest BCUT2D eigenvalue weighted by atomic mass is 9.67. The molecule has 3 aromatic rings. The lowest BCUT2D eigenvalue weighted by Crippen LogP contribution is -2.24. The summed E-state index contributed by atoms with van der Waals surface area (Å²) in [6.07, 6.45) is 19.9. The van der Waals surface area contributed by atoms with E-state index >= 15 is 0 Å². The standard InChI is InChI=1S/C28H19BrO/c1-2-20(21-14-12-18-7-3-6-17-8-4-9-22(21)27(17)18)19-13-15-25-23(16-19)28-24(29)10-5-11-26(28)30-25/h2-16,22,27H,1H2/b21-20+. The van der Waals surface area contributed by atoms with Gasteiger partial charge in [0, 0.05) is 27.1 Å². The average Bonchev–Trinajstić information content (AvgIpc) is 3.15. The maximum Gasteiger partial charge on any atom is 0.136 e. The van der Waals surface area contributed by atoms with Crippen molar-refractivity contribution in [2.45, 2.75) is 0 Å². The highest BCUT2D eigenvalue weighted by Gasteiger charge is 2.33. The summed E-state index contributed by atoms with van der Waals surface area (Å²) in [7, 11) is 0. The summed E-state index contributed by atoms with van der Waals surface area (Å²) in [5, 5.41) is 2.24. The molecule has 3 aliphatic carbocycles. The smallest absolute Gasteiger partial charge is 0.136 e. The van der Waals surface area contributed by atoms with Crippen molar-refractivity contribution < 1.29 is 4.42 Å². The Morgan fingerprint density at radius 2 is 1.83 bits per heavy atom. The van der Waals surface area contributed by atoms with Crippen LogP contribution in [0.15, 0.2) is 123 Å². The van der Waals surface area contributed by atoms with Gasteiger partial charge in [0.1, 0.15) is 11.2 Å². The van der Waals surface area contributed by atoms with Crippen LogP contribution in [0.1, 0.15) is 5.56 Å². The van der Waals surface area contributed by atoms with Gasteiger partial charge in [-0.15, -0.1) is 0 Å². The molecule has 1 aromatic heterocycles. The van der Waals surface area contributed by atoms with Gasteiger partial charge in [0.05, 0.1) is 0 Å². The molecule has 0 saturated carbocycles. The number of hydrogen-bond donors (Lipinski definition) is 0. The Kier molecular flexibility index (Phi) is 3.97. The molecule has 6 rings (SSSR count). The predicted octanol–water partition coefficient (Wildman–Crippen LogP) is 8.08. The van der Waals surface area contributed by atoms with E-state index in [0.717, 1.165) is 26.4 Å². The van der Waals surface area contributed by atoms with Crippen molar-refractivity contribution in [3.63, 3.8) is 0 Å². The third-order valence-corrected chi connectivity index (χ3v) is 7.01. The number of furan rings is 1. The first-order valence-corrected chi connectivity index (χ1v) is 11.0. The molecule has 0 amide bonds. The summed E-state index contributed by atoms with van der Waals surface area (Å²) in [5.41, 5.74) is 8.22. The quantitative estimate of drug-likeness (QED) is 0.384. The lowest BCUT2D eigenvalue weighted by molar-refractivity contribution is 0.588. The Morgan fingerprint density at radius 3 is 2.73 bits per heavy atom. The summed E-state index contributed by atoms with van der Waals surface area (Å²) in [4.78, 5) is 0. The van der Waals surface area contributed by atoms with Crippen LogP contribution in [0.25, 0.3) is 27.5 Å². The van der Waals surface area contributed by atoms with E-state index < -0.39 is 0 Å². The van der Waals surface area contributed by atoms with Crippen molar-refractivity contribution in [3.05, 3.63) is 124 Å². The first-order valence-electron chi connectivity index (χ1n) is 10.2. The Morgan fingerprint density at radius 1 is 0.967 bits per heavy atom. The molecule has 2 unspecified atom stereocenters. The van der Waals surface area contributed by atoms with Crippen LogP contribution in [0.2, 0.25) is 0 Å². The molecule has 0 N–H and O–H groups in total. The Hall–Kier alpha value is -3.10. The second-order valence-corrected chi connectivity index (χ2v) is 8.77. The maximum atomic E-state index is 6.06. The molecular formula is C28H19BrO. The summed E-state index contributed by atoms with van der Waals surface area (Å²) >= 11 is 3.69. The minimum atomic E-state index is 0.322. The minimum absolute atomic E-state index is 0.322.